The van der Waals surface area contributed by atoms with Gasteiger partial charge in [0.2, 0.25) is 5.88 Å². The van der Waals surface area contributed by atoms with Crippen molar-refractivity contribution in [1.82, 2.24) is 19.9 Å². The average Bonchev–Trinajstić information content (AvgIpc) is 3.21. The number of imidazole rings is 1. The molecule has 4 rings (SSSR count). The Labute approximate surface area is 148 Å². The number of hydrogen-bond acceptors (Lipinski definition) is 5. The molecule has 0 aromatic carbocycles. The number of nitrogens with zero attached hydrogens (tertiary/aromatic N) is 3. The van der Waals surface area contributed by atoms with Crippen molar-refractivity contribution in [3.63, 3.8) is 0 Å². The summed E-state index contributed by atoms with van der Waals surface area (Å²) in [4.78, 5) is 14.6. The second-order valence-electron chi connectivity index (χ2n) is 7.20. The number of ether oxygens (including phenoxy) is 2. The number of pyridine rings is 1. The molecule has 0 amide bonds. The van der Waals surface area contributed by atoms with Crippen LogP contribution in [-0.4, -0.2) is 51.3 Å². The summed E-state index contributed by atoms with van der Waals surface area (Å²) in [5.41, 5.74) is 1.05. The van der Waals surface area contributed by atoms with E-state index in [2.05, 4.69) is 19.9 Å². The van der Waals surface area contributed by atoms with Crippen LogP contribution in [0.5, 0.6) is 5.88 Å². The molecule has 2 aromatic heterocycles. The Morgan fingerprint density at radius 1 is 1.32 bits per heavy atom. The zero-order valence-corrected chi connectivity index (χ0v) is 14.9. The van der Waals surface area contributed by atoms with Gasteiger partial charge >= 0.3 is 0 Å². The molecule has 1 N–H and O–H groups in total. The number of aryl methyl sites for hydroxylation is 1. The fourth-order valence-corrected chi connectivity index (χ4v) is 4.38. The van der Waals surface area contributed by atoms with Crippen molar-refractivity contribution in [1.29, 1.82) is 0 Å². The summed E-state index contributed by atoms with van der Waals surface area (Å²) < 4.78 is 12.2. The molecule has 1 saturated heterocycles. The van der Waals surface area contributed by atoms with E-state index < -0.39 is 0 Å². The molecule has 0 bridgehead atoms. The number of rotatable bonds is 5. The van der Waals surface area contributed by atoms with E-state index in [0.717, 1.165) is 50.3 Å². The minimum Gasteiger partial charge on any atom is -0.474 e. The maximum absolute atomic E-state index is 6.14. The molecule has 1 aliphatic carbocycles. The van der Waals surface area contributed by atoms with E-state index >= 15 is 0 Å². The zero-order chi connectivity index (χ0) is 17.3. The molecule has 2 fully saturated rings. The first kappa shape index (κ1) is 16.5. The smallest absolute Gasteiger partial charge is 0.213 e. The monoisotopic (exact) mass is 342 g/mol. The van der Waals surface area contributed by atoms with Gasteiger partial charge < -0.3 is 14.5 Å². The van der Waals surface area contributed by atoms with E-state index in [0.29, 0.717) is 11.9 Å². The maximum atomic E-state index is 6.14. The SMILES string of the molecule is CO[C@@]12CC[C@H](Oc3ccccn3)C[C@@H]1N(Cc1ncc(C)[nH]1)CC2. The van der Waals surface area contributed by atoms with Gasteiger partial charge in [0.15, 0.2) is 0 Å². The van der Waals surface area contributed by atoms with Crippen LogP contribution in [0.15, 0.2) is 30.6 Å². The highest BCUT2D eigenvalue weighted by molar-refractivity contribution is 5.12. The standard InChI is InChI=1S/C19H26N4O2/c1-14-12-21-17(22-14)13-23-10-8-19(24-2)7-6-15(11-16(19)23)25-18-5-3-4-9-20-18/h3-5,9,12,15-16H,6-8,10-11,13H2,1-2H3,(H,21,22)/t15-,16-,19+/m0/s1. The minimum atomic E-state index is -0.0500. The first-order chi connectivity index (χ1) is 12.2. The molecule has 3 heterocycles. The van der Waals surface area contributed by atoms with Gasteiger partial charge in [-0.1, -0.05) is 6.07 Å². The molecule has 2 aromatic rings. The molecule has 2 aliphatic rings. The van der Waals surface area contributed by atoms with Crippen LogP contribution in [0.4, 0.5) is 0 Å². The van der Waals surface area contributed by atoms with Crippen molar-refractivity contribution >= 4 is 0 Å². The number of hydrogen-bond donors (Lipinski definition) is 1. The van der Waals surface area contributed by atoms with Crippen LogP contribution in [0.25, 0.3) is 0 Å². The Hall–Kier alpha value is -1.92. The molecule has 1 aliphatic heterocycles. The van der Waals surface area contributed by atoms with Crippen LogP contribution in [0, 0.1) is 6.92 Å². The van der Waals surface area contributed by atoms with Crippen molar-refractivity contribution in [3.05, 3.63) is 42.1 Å². The van der Waals surface area contributed by atoms with Gasteiger partial charge in [-0.2, -0.15) is 0 Å². The Balaban J connectivity index is 1.48. The molecule has 1 saturated carbocycles. The lowest BCUT2D eigenvalue weighted by atomic mass is 9.79. The van der Waals surface area contributed by atoms with E-state index in [1.807, 2.05) is 38.4 Å². The molecular formula is C19H26N4O2. The summed E-state index contributed by atoms with van der Waals surface area (Å²) in [5, 5.41) is 0. The molecular weight excluding hydrogens is 316 g/mol. The number of fused-ring (bicyclic) bond motifs is 1. The lowest BCUT2D eigenvalue weighted by molar-refractivity contribution is -0.0845. The normalized spacial score (nSPS) is 29.5. The number of aromatic amines is 1. The van der Waals surface area contributed by atoms with E-state index in [1.165, 1.54) is 0 Å². The van der Waals surface area contributed by atoms with Crippen molar-refractivity contribution in [3.8, 4) is 5.88 Å². The highest BCUT2D eigenvalue weighted by Crippen LogP contribution is 2.43. The fraction of sp³-hybridized carbons (Fsp3) is 0.579. The Bertz CT molecular complexity index is 704. The molecule has 6 heteroatoms. The molecule has 25 heavy (non-hydrogen) atoms. The molecule has 0 unspecified atom stereocenters. The molecule has 0 radical (unpaired) electrons. The first-order valence-corrected chi connectivity index (χ1v) is 9.06. The lowest BCUT2D eigenvalue weighted by Gasteiger charge is -2.43. The van der Waals surface area contributed by atoms with Crippen LogP contribution < -0.4 is 4.74 Å². The lowest BCUT2D eigenvalue weighted by Crippen LogP contribution is -2.52. The van der Waals surface area contributed by atoms with Gasteiger partial charge in [-0.25, -0.2) is 9.97 Å². The van der Waals surface area contributed by atoms with Gasteiger partial charge in [-0.05, 0) is 32.3 Å². The summed E-state index contributed by atoms with van der Waals surface area (Å²) >= 11 is 0. The van der Waals surface area contributed by atoms with Crippen LogP contribution in [0.3, 0.4) is 0 Å². The van der Waals surface area contributed by atoms with E-state index in [1.54, 1.807) is 6.20 Å². The third-order valence-electron chi connectivity index (χ3n) is 5.69. The molecule has 6 nitrogen and oxygen atoms in total. The Morgan fingerprint density at radius 2 is 2.24 bits per heavy atom. The molecule has 0 spiro atoms. The van der Waals surface area contributed by atoms with E-state index in [9.17, 15) is 0 Å². The number of methoxy groups -OCH3 is 1. The van der Waals surface area contributed by atoms with Gasteiger partial charge in [-0.3, -0.25) is 4.90 Å². The summed E-state index contributed by atoms with van der Waals surface area (Å²) in [6.07, 6.45) is 7.92. The topological polar surface area (TPSA) is 63.3 Å². The number of H-pyrrole nitrogens is 1. The summed E-state index contributed by atoms with van der Waals surface area (Å²) in [5.74, 6) is 1.74. The third kappa shape index (κ3) is 3.28. The van der Waals surface area contributed by atoms with E-state index in [4.69, 9.17) is 9.47 Å². The van der Waals surface area contributed by atoms with Crippen molar-refractivity contribution in [2.45, 2.75) is 56.9 Å². The number of likely N-dealkylation sites (tertiary alicyclic amines) is 1. The van der Waals surface area contributed by atoms with Gasteiger partial charge in [0.05, 0.1) is 12.1 Å². The highest BCUT2D eigenvalue weighted by atomic mass is 16.5. The van der Waals surface area contributed by atoms with Crippen LogP contribution in [0.1, 0.15) is 37.2 Å². The van der Waals surface area contributed by atoms with Crippen molar-refractivity contribution in [2.75, 3.05) is 13.7 Å². The van der Waals surface area contributed by atoms with Crippen LogP contribution in [0.2, 0.25) is 0 Å². The first-order valence-electron chi connectivity index (χ1n) is 9.06. The Morgan fingerprint density at radius 3 is 2.96 bits per heavy atom. The van der Waals surface area contributed by atoms with Gasteiger partial charge in [0.25, 0.3) is 0 Å². The van der Waals surface area contributed by atoms with E-state index in [-0.39, 0.29) is 11.7 Å². The average molecular weight is 342 g/mol. The van der Waals surface area contributed by atoms with Crippen molar-refractivity contribution in [2.24, 2.45) is 0 Å². The second-order valence-corrected chi connectivity index (χ2v) is 7.20. The summed E-state index contributed by atoms with van der Waals surface area (Å²) in [6, 6.07) is 6.15. The largest absolute Gasteiger partial charge is 0.474 e. The minimum absolute atomic E-state index is 0.0500. The zero-order valence-electron chi connectivity index (χ0n) is 14.9. The predicted octanol–water partition coefficient (Wildman–Crippen LogP) is 2.70. The van der Waals surface area contributed by atoms with Gasteiger partial charge in [-0.15, -0.1) is 0 Å². The van der Waals surface area contributed by atoms with Gasteiger partial charge in [0, 0.05) is 50.3 Å². The number of nitrogens with one attached hydrogen (secondary N) is 1. The number of aromatic nitrogens is 3. The summed E-state index contributed by atoms with van der Waals surface area (Å²) in [6.45, 7) is 3.91. The Kier molecular flexibility index (Phi) is 4.48. The highest BCUT2D eigenvalue weighted by Gasteiger charge is 2.51. The molecule has 134 valence electrons. The quantitative estimate of drug-likeness (QED) is 0.905. The predicted molar refractivity (Wildman–Crippen MR) is 94.4 cm³/mol. The third-order valence-corrected chi connectivity index (χ3v) is 5.69. The van der Waals surface area contributed by atoms with Gasteiger partial charge in [0.1, 0.15) is 11.9 Å². The summed E-state index contributed by atoms with van der Waals surface area (Å²) in [7, 11) is 1.85. The molecule has 3 atom stereocenters. The van der Waals surface area contributed by atoms with Crippen LogP contribution >= 0.6 is 0 Å². The fourth-order valence-electron chi connectivity index (χ4n) is 4.38. The maximum Gasteiger partial charge on any atom is 0.213 e. The van der Waals surface area contributed by atoms with Crippen LogP contribution in [-0.2, 0) is 11.3 Å². The van der Waals surface area contributed by atoms with Crippen molar-refractivity contribution < 1.29 is 9.47 Å². The second kappa shape index (κ2) is 6.77.